The fourth-order valence-electron chi connectivity index (χ4n) is 1.20. The number of nitrogens with two attached hydrogens (primary N) is 1. The predicted octanol–water partition coefficient (Wildman–Crippen LogP) is 1.14. The molecule has 0 aliphatic heterocycles. The molecule has 0 saturated carbocycles. The largest absolute Gasteiger partial charge is 0.397 e. The summed E-state index contributed by atoms with van der Waals surface area (Å²) < 4.78 is 0. The van der Waals surface area contributed by atoms with Gasteiger partial charge in [0.05, 0.1) is 11.9 Å². The molecule has 12 heavy (non-hydrogen) atoms. The van der Waals surface area contributed by atoms with Gasteiger partial charge in [0.25, 0.3) is 0 Å². The van der Waals surface area contributed by atoms with Crippen molar-refractivity contribution in [2.45, 2.75) is 0 Å². The van der Waals surface area contributed by atoms with Crippen molar-refractivity contribution in [2.24, 2.45) is 0 Å². The van der Waals surface area contributed by atoms with Crippen LogP contribution < -0.4 is 5.73 Å². The summed E-state index contributed by atoms with van der Waals surface area (Å²) in [6, 6.07) is 1.86. The monoisotopic (exact) mass is 160 g/mol. The number of hydrogen-bond acceptors (Lipinski definition) is 3. The van der Waals surface area contributed by atoms with Crippen LogP contribution in [-0.2, 0) is 0 Å². The van der Waals surface area contributed by atoms with Gasteiger partial charge in [-0.1, -0.05) is 0 Å². The van der Waals surface area contributed by atoms with Gasteiger partial charge in [-0.3, -0.25) is 0 Å². The maximum Gasteiger partial charge on any atom is 0.138 e. The van der Waals surface area contributed by atoms with Crippen LogP contribution in [0, 0.1) is 5.41 Å². The van der Waals surface area contributed by atoms with E-state index in [4.69, 9.17) is 11.1 Å². The van der Waals surface area contributed by atoms with Gasteiger partial charge in [-0.05, 0) is 6.07 Å². The average molecular weight is 160 g/mol. The third-order valence-electron chi connectivity index (χ3n) is 1.80. The third kappa shape index (κ3) is 0.780. The minimum absolute atomic E-state index is 0.539. The van der Waals surface area contributed by atoms with Gasteiger partial charge in [-0.25, -0.2) is 4.98 Å². The molecular weight excluding hydrogens is 152 g/mol. The predicted molar refractivity (Wildman–Crippen MR) is 48.4 cm³/mol. The molecule has 2 aromatic rings. The highest BCUT2D eigenvalue weighted by atomic mass is 14.8. The van der Waals surface area contributed by atoms with Gasteiger partial charge in [0.1, 0.15) is 5.65 Å². The maximum atomic E-state index is 7.16. The van der Waals surface area contributed by atoms with Crippen LogP contribution in [0.2, 0.25) is 0 Å². The van der Waals surface area contributed by atoms with E-state index in [-0.39, 0.29) is 0 Å². The smallest absolute Gasteiger partial charge is 0.138 e. The molecule has 0 radical (unpaired) electrons. The van der Waals surface area contributed by atoms with Gasteiger partial charge in [0.15, 0.2) is 0 Å². The van der Waals surface area contributed by atoms with Crippen molar-refractivity contribution in [3.8, 4) is 0 Å². The fourth-order valence-corrected chi connectivity index (χ4v) is 1.20. The van der Waals surface area contributed by atoms with Crippen LogP contribution in [-0.4, -0.2) is 16.2 Å². The Morgan fingerprint density at radius 2 is 2.42 bits per heavy atom. The molecule has 0 saturated heterocycles. The van der Waals surface area contributed by atoms with Gasteiger partial charge in [0, 0.05) is 23.4 Å². The van der Waals surface area contributed by atoms with Gasteiger partial charge in [-0.2, -0.15) is 0 Å². The number of pyridine rings is 1. The molecule has 2 rings (SSSR count). The van der Waals surface area contributed by atoms with Crippen LogP contribution in [0.25, 0.3) is 11.0 Å². The summed E-state index contributed by atoms with van der Waals surface area (Å²) in [5.41, 5.74) is 7.66. The normalized spacial score (nSPS) is 10.3. The van der Waals surface area contributed by atoms with Crippen LogP contribution >= 0.6 is 0 Å². The van der Waals surface area contributed by atoms with Gasteiger partial charge >= 0.3 is 0 Å². The molecule has 0 bridgehead atoms. The van der Waals surface area contributed by atoms with Crippen molar-refractivity contribution in [1.82, 2.24) is 9.97 Å². The topological polar surface area (TPSA) is 78.6 Å². The molecule has 2 heterocycles. The highest BCUT2D eigenvalue weighted by Gasteiger charge is 2.03. The number of aromatic amines is 1. The van der Waals surface area contributed by atoms with Crippen LogP contribution in [0.4, 0.5) is 5.69 Å². The first-order chi connectivity index (χ1) is 5.83. The van der Waals surface area contributed by atoms with E-state index in [1.54, 1.807) is 12.4 Å². The minimum Gasteiger partial charge on any atom is -0.397 e. The first-order valence-electron chi connectivity index (χ1n) is 3.55. The number of aromatic nitrogens is 2. The Hall–Kier alpha value is -1.84. The van der Waals surface area contributed by atoms with E-state index in [9.17, 15) is 0 Å². The van der Waals surface area contributed by atoms with Gasteiger partial charge in [-0.15, -0.1) is 0 Å². The molecule has 0 aliphatic rings. The second-order valence-electron chi connectivity index (χ2n) is 2.51. The lowest BCUT2D eigenvalue weighted by atomic mass is 10.2. The molecule has 2 aromatic heterocycles. The van der Waals surface area contributed by atoms with E-state index in [2.05, 4.69) is 9.97 Å². The Bertz CT molecular complexity index is 430. The number of rotatable bonds is 1. The molecule has 4 nitrogen and oxygen atoms in total. The van der Waals surface area contributed by atoms with E-state index >= 15 is 0 Å². The number of anilines is 1. The number of nitrogens with zero attached hydrogens (tertiary/aromatic N) is 1. The summed E-state index contributed by atoms with van der Waals surface area (Å²) in [4.78, 5) is 7.02. The fraction of sp³-hybridized carbons (Fsp3) is 0. The molecular formula is C8H8N4. The SMILES string of the molecule is N=Cc1c(N)cnc2[nH]ccc12. The van der Waals surface area contributed by atoms with Gasteiger partial charge in [0.2, 0.25) is 0 Å². The highest BCUT2D eigenvalue weighted by Crippen LogP contribution is 2.18. The molecule has 0 aliphatic carbocycles. The summed E-state index contributed by atoms with van der Waals surface area (Å²) in [5, 5.41) is 8.05. The van der Waals surface area contributed by atoms with Gasteiger partial charge < -0.3 is 16.1 Å². The zero-order chi connectivity index (χ0) is 8.55. The van der Waals surface area contributed by atoms with Crippen molar-refractivity contribution in [2.75, 3.05) is 5.73 Å². The van der Waals surface area contributed by atoms with E-state index < -0.39 is 0 Å². The minimum atomic E-state index is 0.539. The first-order valence-corrected chi connectivity index (χ1v) is 3.55. The standard InChI is InChI=1S/C8H8N4/c9-3-6-5-1-2-11-8(5)12-4-7(6)10/h1-4,9H,10H2,(H,11,12). The van der Waals surface area contributed by atoms with Crippen molar-refractivity contribution in [3.63, 3.8) is 0 Å². The van der Waals surface area contributed by atoms with Crippen molar-refractivity contribution < 1.29 is 0 Å². The molecule has 0 aromatic carbocycles. The second-order valence-corrected chi connectivity index (χ2v) is 2.51. The van der Waals surface area contributed by atoms with E-state index in [1.165, 1.54) is 6.21 Å². The summed E-state index contributed by atoms with van der Waals surface area (Å²) in [6.07, 6.45) is 4.58. The Morgan fingerprint density at radius 3 is 3.17 bits per heavy atom. The Morgan fingerprint density at radius 1 is 1.58 bits per heavy atom. The third-order valence-corrected chi connectivity index (χ3v) is 1.80. The number of nitrogens with one attached hydrogen (secondary N) is 2. The summed E-state index contributed by atoms with van der Waals surface area (Å²) in [5.74, 6) is 0. The lowest BCUT2D eigenvalue weighted by Crippen LogP contribution is -1.94. The molecule has 4 heteroatoms. The molecule has 0 spiro atoms. The number of nitrogen functional groups attached to an aromatic ring is 1. The molecule has 4 N–H and O–H groups in total. The molecule has 0 fully saturated rings. The first kappa shape index (κ1) is 6.84. The lowest BCUT2D eigenvalue weighted by Gasteiger charge is -1.98. The van der Waals surface area contributed by atoms with Crippen molar-refractivity contribution in [3.05, 3.63) is 24.0 Å². The summed E-state index contributed by atoms with van der Waals surface area (Å²) >= 11 is 0. The zero-order valence-corrected chi connectivity index (χ0v) is 6.33. The van der Waals surface area contributed by atoms with Crippen LogP contribution in [0.15, 0.2) is 18.5 Å². The van der Waals surface area contributed by atoms with Crippen LogP contribution in [0.5, 0.6) is 0 Å². The number of hydrogen-bond donors (Lipinski definition) is 3. The highest BCUT2D eigenvalue weighted by molar-refractivity contribution is 6.01. The number of H-pyrrole nitrogens is 1. The summed E-state index contributed by atoms with van der Waals surface area (Å²) in [7, 11) is 0. The van der Waals surface area contributed by atoms with Crippen molar-refractivity contribution in [1.29, 1.82) is 5.41 Å². The molecule has 0 atom stereocenters. The average Bonchev–Trinajstić information content (AvgIpc) is 2.52. The van der Waals surface area contributed by atoms with E-state index in [0.717, 1.165) is 16.6 Å². The number of fused-ring (bicyclic) bond motifs is 1. The van der Waals surface area contributed by atoms with Crippen molar-refractivity contribution >= 4 is 22.9 Å². The second kappa shape index (κ2) is 2.34. The maximum absolute atomic E-state index is 7.16. The Balaban J connectivity index is 2.91. The molecule has 60 valence electrons. The Labute approximate surface area is 68.9 Å². The summed E-state index contributed by atoms with van der Waals surface area (Å²) in [6.45, 7) is 0. The quantitative estimate of drug-likeness (QED) is 0.547. The zero-order valence-electron chi connectivity index (χ0n) is 6.33. The molecule has 0 amide bonds. The van der Waals surface area contributed by atoms with Crippen LogP contribution in [0.3, 0.4) is 0 Å². The Kier molecular flexibility index (Phi) is 1.33. The van der Waals surface area contributed by atoms with E-state index in [0.29, 0.717) is 5.69 Å². The van der Waals surface area contributed by atoms with E-state index in [1.807, 2.05) is 6.07 Å². The lowest BCUT2D eigenvalue weighted by molar-refractivity contribution is 1.32. The molecule has 0 unspecified atom stereocenters. The van der Waals surface area contributed by atoms with Crippen LogP contribution in [0.1, 0.15) is 5.56 Å².